The third-order valence-corrected chi connectivity index (χ3v) is 5.08. The monoisotopic (exact) mass is 252 g/mol. The van der Waals surface area contributed by atoms with Gasteiger partial charge < -0.3 is 9.47 Å². The minimum Gasteiger partial charge on any atom is -0.461 e. The van der Waals surface area contributed by atoms with Gasteiger partial charge in [0.05, 0.1) is 11.3 Å². The molecule has 2 saturated carbocycles. The summed E-state index contributed by atoms with van der Waals surface area (Å²) in [6.45, 7) is 5.78. The number of fused-ring (bicyclic) bond motifs is 3. The zero-order valence-electron chi connectivity index (χ0n) is 11.2. The van der Waals surface area contributed by atoms with Crippen LogP contribution in [0.25, 0.3) is 0 Å². The van der Waals surface area contributed by atoms with Gasteiger partial charge in [0.1, 0.15) is 11.7 Å². The van der Waals surface area contributed by atoms with Crippen molar-refractivity contribution in [3.05, 3.63) is 0 Å². The summed E-state index contributed by atoms with van der Waals surface area (Å²) in [5, 5.41) is 0. The van der Waals surface area contributed by atoms with Crippen molar-refractivity contribution in [3.63, 3.8) is 0 Å². The number of hydrogen-bond donors (Lipinski definition) is 0. The Hall–Kier alpha value is -1.06. The Morgan fingerprint density at radius 2 is 2.17 bits per heavy atom. The van der Waals surface area contributed by atoms with Crippen LogP contribution in [0.15, 0.2) is 0 Å². The summed E-state index contributed by atoms with van der Waals surface area (Å²) in [7, 11) is 0. The van der Waals surface area contributed by atoms with Crippen LogP contribution in [0.4, 0.5) is 0 Å². The van der Waals surface area contributed by atoms with E-state index in [-0.39, 0.29) is 35.5 Å². The molecule has 0 aromatic rings. The quantitative estimate of drug-likeness (QED) is 0.721. The summed E-state index contributed by atoms with van der Waals surface area (Å²) in [6, 6.07) is 0. The molecule has 0 aromatic carbocycles. The molecular formula is C14H20O4. The van der Waals surface area contributed by atoms with Gasteiger partial charge in [0.25, 0.3) is 0 Å². The third-order valence-electron chi connectivity index (χ3n) is 5.08. The first-order chi connectivity index (χ1) is 8.37. The molecule has 3 aliphatic rings. The van der Waals surface area contributed by atoms with Gasteiger partial charge >= 0.3 is 11.9 Å². The molecule has 4 unspecified atom stereocenters. The predicted molar refractivity (Wildman–Crippen MR) is 63.6 cm³/mol. The maximum Gasteiger partial charge on any atom is 0.311 e. The Labute approximate surface area is 107 Å². The van der Waals surface area contributed by atoms with Crippen molar-refractivity contribution in [2.24, 2.45) is 17.3 Å². The zero-order valence-corrected chi connectivity index (χ0v) is 11.2. The average Bonchev–Trinajstić information content (AvgIpc) is 2.90. The van der Waals surface area contributed by atoms with Gasteiger partial charge in [-0.15, -0.1) is 0 Å². The predicted octanol–water partition coefficient (Wildman–Crippen LogP) is 2.06. The lowest BCUT2D eigenvalue weighted by molar-refractivity contribution is -0.163. The van der Waals surface area contributed by atoms with Crippen LogP contribution in [0.1, 0.15) is 46.5 Å². The normalized spacial score (nSPS) is 41.1. The van der Waals surface area contributed by atoms with E-state index in [4.69, 9.17) is 9.47 Å². The van der Waals surface area contributed by atoms with Gasteiger partial charge in [0.15, 0.2) is 0 Å². The molecule has 0 amide bonds. The van der Waals surface area contributed by atoms with Gasteiger partial charge in [-0.3, -0.25) is 9.59 Å². The number of esters is 2. The Morgan fingerprint density at radius 3 is 2.78 bits per heavy atom. The molecule has 1 saturated heterocycles. The molecule has 3 rings (SSSR count). The van der Waals surface area contributed by atoms with Crippen molar-refractivity contribution in [3.8, 4) is 0 Å². The highest BCUT2D eigenvalue weighted by Crippen LogP contribution is 2.59. The molecule has 3 bridgehead atoms. The molecule has 0 aromatic heterocycles. The highest BCUT2D eigenvalue weighted by atomic mass is 16.6. The summed E-state index contributed by atoms with van der Waals surface area (Å²) >= 11 is 0. The van der Waals surface area contributed by atoms with Crippen LogP contribution in [0.2, 0.25) is 0 Å². The molecule has 0 N–H and O–H groups in total. The fourth-order valence-electron chi connectivity index (χ4n) is 3.53. The van der Waals surface area contributed by atoms with E-state index in [9.17, 15) is 9.59 Å². The number of carbonyl (C=O) groups is 2. The van der Waals surface area contributed by atoms with Crippen LogP contribution >= 0.6 is 0 Å². The van der Waals surface area contributed by atoms with Gasteiger partial charge in [-0.05, 0) is 26.7 Å². The molecule has 0 radical (unpaired) electrons. The van der Waals surface area contributed by atoms with Crippen LogP contribution < -0.4 is 0 Å². The topological polar surface area (TPSA) is 52.6 Å². The van der Waals surface area contributed by atoms with Gasteiger partial charge in [0, 0.05) is 18.8 Å². The first-order valence-electron chi connectivity index (χ1n) is 6.81. The Bertz CT molecular complexity index is 414. The SMILES string of the molecule is CCC(C)(C)C(=O)OC1CC23CC(C(=O)O2)C1C3. The lowest BCUT2D eigenvalue weighted by atomic mass is 9.86. The molecule has 4 heteroatoms. The molecule has 4 nitrogen and oxygen atoms in total. The minimum absolute atomic E-state index is 0.0266. The molecular weight excluding hydrogens is 232 g/mol. The fourth-order valence-corrected chi connectivity index (χ4v) is 3.53. The van der Waals surface area contributed by atoms with E-state index in [1.165, 1.54) is 0 Å². The minimum atomic E-state index is -0.441. The second-order valence-corrected chi connectivity index (χ2v) is 6.67. The second kappa shape index (κ2) is 3.49. The summed E-state index contributed by atoms with van der Waals surface area (Å²) in [6.07, 6.45) is 3.06. The van der Waals surface area contributed by atoms with Crippen LogP contribution in [0.3, 0.4) is 0 Å². The summed E-state index contributed by atoms with van der Waals surface area (Å²) in [4.78, 5) is 23.7. The van der Waals surface area contributed by atoms with Crippen molar-refractivity contribution in [2.45, 2.75) is 58.2 Å². The maximum absolute atomic E-state index is 12.1. The average molecular weight is 252 g/mol. The van der Waals surface area contributed by atoms with E-state index < -0.39 is 5.41 Å². The van der Waals surface area contributed by atoms with E-state index in [0.29, 0.717) is 6.42 Å². The highest BCUT2D eigenvalue weighted by molar-refractivity contribution is 5.79. The molecule has 1 heterocycles. The Balaban J connectivity index is 1.71. The lowest BCUT2D eigenvalue weighted by Crippen LogP contribution is -2.35. The van der Waals surface area contributed by atoms with Crippen LogP contribution in [0.5, 0.6) is 0 Å². The lowest BCUT2D eigenvalue weighted by Gasteiger charge is -2.28. The zero-order chi connectivity index (χ0) is 13.1. The van der Waals surface area contributed by atoms with Gasteiger partial charge in [-0.25, -0.2) is 0 Å². The number of carbonyl (C=O) groups excluding carboxylic acids is 2. The van der Waals surface area contributed by atoms with Crippen molar-refractivity contribution in [1.82, 2.24) is 0 Å². The number of rotatable bonds is 3. The van der Waals surface area contributed by atoms with E-state index in [2.05, 4.69) is 0 Å². The molecule has 4 atom stereocenters. The molecule has 1 aliphatic heterocycles. The van der Waals surface area contributed by atoms with Gasteiger partial charge in [-0.1, -0.05) is 6.92 Å². The highest BCUT2D eigenvalue weighted by Gasteiger charge is 2.66. The second-order valence-electron chi connectivity index (χ2n) is 6.67. The van der Waals surface area contributed by atoms with Gasteiger partial charge in [-0.2, -0.15) is 0 Å². The van der Waals surface area contributed by atoms with E-state index >= 15 is 0 Å². The van der Waals surface area contributed by atoms with Crippen LogP contribution in [0, 0.1) is 17.3 Å². The maximum atomic E-state index is 12.1. The first-order valence-corrected chi connectivity index (χ1v) is 6.81. The summed E-state index contributed by atoms with van der Waals surface area (Å²) in [5.41, 5.74) is -0.739. The fraction of sp³-hybridized carbons (Fsp3) is 0.857. The van der Waals surface area contributed by atoms with Crippen LogP contribution in [-0.4, -0.2) is 23.6 Å². The third kappa shape index (κ3) is 1.50. The molecule has 1 spiro atoms. The van der Waals surface area contributed by atoms with Crippen LogP contribution in [-0.2, 0) is 19.1 Å². The van der Waals surface area contributed by atoms with Gasteiger partial charge in [0.2, 0.25) is 0 Å². The largest absolute Gasteiger partial charge is 0.461 e. The molecule has 2 aliphatic carbocycles. The summed E-state index contributed by atoms with van der Waals surface area (Å²) in [5.74, 6) is -0.0607. The number of ether oxygens (including phenoxy) is 2. The van der Waals surface area contributed by atoms with E-state index in [0.717, 1.165) is 19.3 Å². The van der Waals surface area contributed by atoms with Crippen molar-refractivity contribution < 1.29 is 19.1 Å². The molecule has 3 fully saturated rings. The van der Waals surface area contributed by atoms with Crippen molar-refractivity contribution in [2.75, 3.05) is 0 Å². The van der Waals surface area contributed by atoms with E-state index in [1.54, 1.807) is 0 Å². The Morgan fingerprint density at radius 1 is 1.44 bits per heavy atom. The van der Waals surface area contributed by atoms with E-state index in [1.807, 2.05) is 20.8 Å². The smallest absolute Gasteiger partial charge is 0.311 e. The van der Waals surface area contributed by atoms with Crippen molar-refractivity contribution in [1.29, 1.82) is 0 Å². The number of hydrogen-bond acceptors (Lipinski definition) is 4. The standard InChI is InChI=1S/C14H20O4/c1-4-13(2,3)12(16)17-10-7-14-5-8(10)9(6-14)11(15)18-14/h8-10H,4-7H2,1-3H3. The Kier molecular flexibility index (Phi) is 2.32. The molecule has 18 heavy (non-hydrogen) atoms. The molecule has 100 valence electrons. The summed E-state index contributed by atoms with van der Waals surface area (Å²) < 4.78 is 11.1. The van der Waals surface area contributed by atoms with Crippen molar-refractivity contribution >= 4 is 11.9 Å². The first kappa shape index (κ1) is 12.0.